The number of allylic oxidation sites excluding steroid dienone is 6. The Hall–Kier alpha value is -3.33. The molecule has 0 spiro atoms. The minimum absolute atomic E-state index is 0.0395. The quantitative estimate of drug-likeness (QED) is 0.130. The predicted molar refractivity (Wildman–Crippen MR) is 253 cm³/mol. The molecular formula is C53H83NO12. The summed E-state index contributed by atoms with van der Waals surface area (Å²) in [5.41, 5.74) is 1.40. The maximum Gasteiger partial charge on any atom is 0.329 e. The summed E-state index contributed by atoms with van der Waals surface area (Å²) < 4.78 is 24.2. The van der Waals surface area contributed by atoms with Gasteiger partial charge in [-0.3, -0.25) is 19.2 Å². The summed E-state index contributed by atoms with van der Waals surface area (Å²) in [6.07, 6.45) is 14.9. The topological polar surface area (TPSA) is 186 Å². The van der Waals surface area contributed by atoms with Crippen LogP contribution in [-0.4, -0.2) is 119 Å². The summed E-state index contributed by atoms with van der Waals surface area (Å²) in [6, 6.07) is -1.11. The summed E-state index contributed by atoms with van der Waals surface area (Å²) in [6.45, 7) is 17.2. The van der Waals surface area contributed by atoms with Gasteiger partial charge < -0.3 is 39.2 Å². The van der Waals surface area contributed by atoms with Gasteiger partial charge in [-0.25, -0.2) is 4.79 Å². The van der Waals surface area contributed by atoms with Crippen molar-refractivity contribution >= 4 is 29.2 Å². The second-order valence-corrected chi connectivity index (χ2v) is 20.5. The van der Waals surface area contributed by atoms with Crippen LogP contribution in [0.2, 0.25) is 0 Å². The third-order valence-corrected chi connectivity index (χ3v) is 15.0. The highest BCUT2D eigenvalue weighted by molar-refractivity contribution is 6.39. The van der Waals surface area contributed by atoms with Crippen molar-refractivity contribution in [3.63, 3.8) is 0 Å². The maximum atomic E-state index is 14.4. The Morgan fingerprint density at radius 3 is 2.30 bits per heavy atom. The van der Waals surface area contributed by atoms with Gasteiger partial charge in [0.2, 0.25) is 5.79 Å². The fourth-order valence-corrected chi connectivity index (χ4v) is 10.7. The number of carbonyl (C=O) groups is 5. The van der Waals surface area contributed by atoms with Gasteiger partial charge in [-0.15, -0.1) is 0 Å². The van der Waals surface area contributed by atoms with Crippen LogP contribution in [0.3, 0.4) is 0 Å². The summed E-state index contributed by atoms with van der Waals surface area (Å²) in [4.78, 5) is 71.9. The van der Waals surface area contributed by atoms with Crippen molar-refractivity contribution < 1.29 is 58.2 Å². The molecule has 3 N–H and O–H groups in total. The van der Waals surface area contributed by atoms with E-state index in [-0.39, 0.29) is 79.9 Å². The lowest BCUT2D eigenvalue weighted by Gasteiger charge is -2.42. The molecule has 3 fully saturated rings. The first kappa shape index (κ1) is 55.3. The highest BCUT2D eigenvalue weighted by Gasteiger charge is 2.53. The van der Waals surface area contributed by atoms with Crippen molar-refractivity contribution in [1.29, 1.82) is 0 Å². The average molecular weight is 926 g/mol. The van der Waals surface area contributed by atoms with Crippen molar-refractivity contribution in [2.45, 2.75) is 182 Å². The lowest BCUT2D eigenvalue weighted by Crippen LogP contribution is -2.61. The fraction of sp³-hybridized carbons (Fsp3) is 0.755. The van der Waals surface area contributed by atoms with E-state index < -0.39 is 71.7 Å². The number of hydrogen-bond acceptors (Lipinski definition) is 12. The molecule has 15 atom stereocenters. The summed E-state index contributed by atoms with van der Waals surface area (Å²) >= 11 is 0. The van der Waals surface area contributed by atoms with Crippen LogP contribution in [0.25, 0.3) is 0 Å². The van der Waals surface area contributed by atoms with Crippen molar-refractivity contribution in [2.75, 3.05) is 26.9 Å². The summed E-state index contributed by atoms with van der Waals surface area (Å²) in [5.74, 6) is -7.57. The number of piperidine rings is 1. The Morgan fingerprint density at radius 1 is 0.894 bits per heavy atom. The monoisotopic (exact) mass is 926 g/mol. The maximum absolute atomic E-state index is 14.4. The van der Waals surface area contributed by atoms with Crippen LogP contribution in [0.1, 0.15) is 139 Å². The second-order valence-electron chi connectivity index (χ2n) is 20.5. The molecule has 372 valence electrons. The minimum atomic E-state index is -2.41. The van der Waals surface area contributed by atoms with Crippen molar-refractivity contribution in [1.82, 2.24) is 4.90 Å². The van der Waals surface area contributed by atoms with Gasteiger partial charge in [0, 0.05) is 50.2 Å². The first-order chi connectivity index (χ1) is 31.2. The molecule has 66 heavy (non-hydrogen) atoms. The van der Waals surface area contributed by atoms with Gasteiger partial charge in [0.25, 0.3) is 11.7 Å². The molecule has 1 unspecified atom stereocenters. The number of hydrogen-bond donors (Lipinski definition) is 3. The number of fused-ring (bicyclic) bond motifs is 3. The zero-order valence-electron chi connectivity index (χ0n) is 41.6. The normalized spacial score (nSPS) is 38.7. The van der Waals surface area contributed by atoms with Crippen LogP contribution in [0.4, 0.5) is 0 Å². The van der Waals surface area contributed by atoms with Crippen molar-refractivity contribution in [3.8, 4) is 0 Å². The van der Waals surface area contributed by atoms with E-state index >= 15 is 0 Å². The molecule has 0 radical (unpaired) electrons. The molecule has 13 nitrogen and oxygen atoms in total. The van der Waals surface area contributed by atoms with E-state index in [1.54, 1.807) is 40.9 Å². The van der Waals surface area contributed by atoms with Gasteiger partial charge in [0.1, 0.15) is 23.7 Å². The second kappa shape index (κ2) is 25.9. The molecule has 13 heteroatoms. The van der Waals surface area contributed by atoms with E-state index in [0.717, 1.165) is 24.8 Å². The van der Waals surface area contributed by atoms with E-state index in [4.69, 9.17) is 18.9 Å². The van der Waals surface area contributed by atoms with Crippen LogP contribution in [0.5, 0.6) is 0 Å². The smallest absolute Gasteiger partial charge is 0.329 e. The zero-order valence-corrected chi connectivity index (χ0v) is 41.6. The Bertz CT molecular complexity index is 1770. The van der Waals surface area contributed by atoms with Gasteiger partial charge in [0.15, 0.2) is 0 Å². The molecule has 0 aromatic rings. The molecule has 1 amide bonds. The first-order valence-corrected chi connectivity index (χ1v) is 24.9. The number of carbonyl (C=O) groups excluding carboxylic acids is 5. The van der Waals surface area contributed by atoms with Gasteiger partial charge in [0.05, 0.1) is 37.6 Å². The van der Waals surface area contributed by atoms with Crippen molar-refractivity contribution in [2.24, 2.45) is 47.3 Å². The number of nitrogens with zero attached hydrogens (tertiary/aromatic N) is 1. The van der Waals surface area contributed by atoms with Gasteiger partial charge >= 0.3 is 5.97 Å². The number of ether oxygens (including phenoxy) is 4. The lowest BCUT2D eigenvalue weighted by molar-refractivity contribution is -0.265. The van der Waals surface area contributed by atoms with E-state index in [9.17, 15) is 39.3 Å². The average Bonchev–Trinajstić information content (AvgIpc) is 3.29. The van der Waals surface area contributed by atoms with Gasteiger partial charge in [-0.2, -0.15) is 0 Å². The van der Waals surface area contributed by atoms with Crippen LogP contribution in [0, 0.1) is 47.3 Å². The Balaban J connectivity index is 1.67. The number of ketones is 3. The zero-order chi connectivity index (χ0) is 48.9. The molecule has 3 aliphatic heterocycles. The molecule has 3 heterocycles. The standard InChI is InChI=1S/C53H83NO12/c1-32-16-12-11-13-17-33(2)46(63-10)30-42-21-19-39(8)53(62,66-42)50(59)51(60)54-23-15-14-18-43(54)52(61)65-47(36(5)29-41-20-22-45(35(4)28-41)64-25-24-55)31-44(56)34(3)27-38(7)49(58)40(9)48(57)37(6)26-32/h11-13,16-17,27,32,34-37,39-43,45-47,49,55,58,62H,14-15,18-26,28-31H2,1-10H3/b13-11?,16-12+,33-17?,38-27+/t32-,34-,35-,36?,37-,39-,40+,41-,42+,43+,45-,46+,47+,49-,53-/m1/s1. The Kier molecular flexibility index (Phi) is 21.7. The SMILES string of the molecule is CO[C@H]1C[C@@H]2CC[C@@H](C)[C@@](O)(O2)C(=O)C(=O)N2CCCC[C@H]2C(=O)O[C@H](C(C)C[C@@H]2CC[C@@H](OCCO)[C@H](C)C2)CC(=O)[C@H](C)/C=C(\C)[C@@H](O)[C@@H](C)C(=O)[C@H](C)C[C@H](C)/C=C/C=CC=C1C. The molecule has 1 saturated carbocycles. The van der Waals surface area contributed by atoms with Gasteiger partial charge in [-0.05, 0) is 113 Å². The van der Waals surface area contributed by atoms with Crippen LogP contribution in [-0.2, 0) is 42.9 Å². The number of rotatable bonds is 7. The number of cyclic esters (lactones) is 1. The largest absolute Gasteiger partial charge is 0.460 e. The van der Waals surface area contributed by atoms with Crippen LogP contribution in [0.15, 0.2) is 47.6 Å². The lowest BCUT2D eigenvalue weighted by atomic mass is 9.75. The van der Waals surface area contributed by atoms with E-state index in [1.165, 1.54) is 4.90 Å². The molecule has 4 aliphatic rings. The van der Waals surface area contributed by atoms with Crippen LogP contribution < -0.4 is 0 Å². The molecule has 2 saturated heterocycles. The van der Waals surface area contributed by atoms with E-state index in [0.29, 0.717) is 50.5 Å². The third kappa shape index (κ3) is 14.8. The number of Topliss-reactive ketones (excluding diaryl/α,β-unsaturated/α-hetero) is 3. The number of aliphatic hydroxyl groups excluding tert-OH is 2. The summed E-state index contributed by atoms with van der Waals surface area (Å²) in [7, 11) is 1.59. The predicted octanol–water partition coefficient (Wildman–Crippen LogP) is 7.44. The summed E-state index contributed by atoms with van der Waals surface area (Å²) in [5, 5.41) is 32.7. The first-order valence-electron chi connectivity index (χ1n) is 24.9. The molecule has 1 aliphatic carbocycles. The minimum Gasteiger partial charge on any atom is -0.460 e. The van der Waals surface area contributed by atoms with Crippen molar-refractivity contribution in [3.05, 3.63) is 47.6 Å². The fourth-order valence-electron chi connectivity index (χ4n) is 10.7. The number of amides is 1. The number of esters is 1. The van der Waals surface area contributed by atoms with Gasteiger partial charge in [-0.1, -0.05) is 84.9 Å². The number of methoxy groups -OCH3 is 1. The third-order valence-electron chi connectivity index (χ3n) is 15.0. The molecule has 4 rings (SSSR count). The van der Waals surface area contributed by atoms with E-state index in [1.807, 2.05) is 58.1 Å². The van der Waals surface area contributed by atoms with Crippen LogP contribution >= 0.6 is 0 Å². The Morgan fingerprint density at radius 2 is 1.62 bits per heavy atom. The number of aliphatic hydroxyl groups is 3. The van der Waals surface area contributed by atoms with E-state index in [2.05, 4.69) is 6.92 Å². The molecule has 0 aromatic heterocycles. The molecule has 0 aromatic carbocycles. The highest BCUT2D eigenvalue weighted by atomic mass is 16.6. The highest BCUT2D eigenvalue weighted by Crippen LogP contribution is 2.38. The molecule has 2 bridgehead atoms. The molecular weight excluding hydrogens is 843 g/mol. The Labute approximate surface area is 394 Å².